The average molecular weight is 271 g/mol. The molecule has 1 atom stereocenters. The van der Waals surface area contributed by atoms with Crippen molar-refractivity contribution in [1.29, 1.82) is 0 Å². The van der Waals surface area contributed by atoms with Gasteiger partial charge in [-0.1, -0.05) is 43.3 Å². The van der Waals surface area contributed by atoms with E-state index < -0.39 is 0 Å². The van der Waals surface area contributed by atoms with E-state index in [-0.39, 0.29) is 5.92 Å². The Labute approximate surface area is 119 Å². The van der Waals surface area contributed by atoms with Gasteiger partial charge in [-0.2, -0.15) is 0 Å². The van der Waals surface area contributed by atoms with Gasteiger partial charge >= 0.3 is 0 Å². The molecule has 2 rings (SSSR count). The molecule has 20 heavy (non-hydrogen) atoms. The van der Waals surface area contributed by atoms with E-state index in [0.717, 1.165) is 17.1 Å². The van der Waals surface area contributed by atoms with Crippen LogP contribution in [0, 0.1) is 0 Å². The molecule has 2 N–H and O–H groups in total. The first-order valence-corrected chi connectivity index (χ1v) is 6.70. The lowest BCUT2D eigenvalue weighted by Crippen LogP contribution is -2.07. The Morgan fingerprint density at radius 1 is 1.40 bits per heavy atom. The van der Waals surface area contributed by atoms with Gasteiger partial charge in [0.25, 0.3) is 0 Å². The summed E-state index contributed by atoms with van der Waals surface area (Å²) in [6.07, 6.45) is 1.83. The number of aromatic nitrogens is 2. The molecule has 0 saturated carbocycles. The second kappa shape index (κ2) is 6.39. The maximum Gasteiger partial charge on any atom is 0.142 e. The summed E-state index contributed by atoms with van der Waals surface area (Å²) < 4.78 is 7.19. The summed E-state index contributed by atoms with van der Waals surface area (Å²) in [6.45, 7) is 7.10. The number of nitrogens with two attached hydrogens (primary N) is 1. The zero-order valence-electron chi connectivity index (χ0n) is 12.0. The molecule has 0 amide bonds. The maximum atomic E-state index is 6.26. The van der Waals surface area contributed by atoms with Crippen LogP contribution >= 0.6 is 0 Å². The number of anilines is 1. The third kappa shape index (κ3) is 2.75. The van der Waals surface area contributed by atoms with E-state index in [4.69, 9.17) is 15.5 Å². The van der Waals surface area contributed by atoms with Crippen molar-refractivity contribution in [2.75, 3.05) is 19.5 Å². The van der Waals surface area contributed by atoms with Gasteiger partial charge in [-0.15, -0.1) is 6.58 Å². The van der Waals surface area contributed by atoms with Crippen LogP contribution in [0.15, 0.2) is 43.0 Å². The summed E-state index contributed by atoms with van der Waals surface area (Å²) in [7, 11) is 1.69. The smallest absolute Gasteiger partial charge is 0.142 e. The first-order chi connectivity index (χ1) is 9.69. The molecule has 0 saturated heterocycles. The van der Waals surface area contributed by atoms with Crippen molar-refractivity contribution < 1.29 is 4.74 Å². The highest BCUT2D eigenvalue weighted by atomic mass is 16.5. The fraction of sp³-hybridized carbons (Fsp3) is 0.312. The molecule has 1 aromatic carbocycles. The van der Waals surface area contributed by atoms with Gasteiger partial charge in [-0.3, -0.25) is 0 Å². The number of ether oxygens (including phenoxy) is 1. The minimum atomic E-state index is 0.161. The molecule has 2 aromatic rings. The number of methoxy groups -OCH3 is 1. The Hall–Kier alpha value is -2.07. The molecule has 1 unspecified atom stereocenters. The molecule has 1 heterocycles. The molecule has 4 heteroatoms. The van der Waals surface area contributed by atoms with Crippen molar-refractivity contribution in [3.8, 4) is 11.4 Å². The molecule has 4 nitrogen and oxygen atoms in total. The van der Waals surface area contributed by atoms with E-state index in [9.17, 15) is 0 Å². The number of rotatable bonds is 6. The van der Waals surface area contributed by atoms with Gasteiger partial charge in [0.05, 0.1) is 12.3 Å². The first-order valence-electron chi connectivity index (χ1n) is 6.70. The number of nitrogen functional groups attached to an aromatic ring is 1. The molecule has 0 spiro atoms. The Kier molecular flexibility index (Phi) is 4.58. The molecule has 0 radical (unpaired) electrons. The Morgan fingerprint density at radius 3 is 2.70 bits per heavy atom. The third-order valence-electron chi connectivity index (χ3n) is 3.26. The third-order valence-corrected chi connectivity index (χ3v) is 3.26. The van der Waals surface area contributed by atoms with Crippen LogP contribution in [-0.2, 0) is 11.3 Å². The molecule has 106 valence electrons. The van der Waals surface area contributed by atoms with Gasteiger partial charge in [0.2, 0.25) is 0 Å². The monoisotopic (exact) mass is 271 g/mol. The van der Waals surface area contributed by atoms with Crippen molar-refractivity contribution in [2.45, 2.75) is 19.4 Å². The maximum absolute atomic E-state index is 6.26. The Bertz CT molecular complexity index is 575. The molecule has 0 aliphatic rings. The first kappa shape index (κ1) is 14.3. The highest BCUT2D eigenvalue weighted by Gasteiger charge is 2.19. The van der Waals surface area contributed by atoms with E-state index in [1.165, 1.54) is 0 Å². The number of hydrogen-bond acceptors (Lipinski definition) is 3. The van der Waals surface area contributed by atoms with Crippen molar-refractivity contribution in [3.63, 3.8) is 0 Å². The predicted octanol–water partition coefficient (Wildman–Crippen LogP) is 3.07. The minimum absolute atomic E-state index is 0.161. The quantitative estimate of drug-likeness (QED) is 0.821. The van der Waals surface area contributed by atoms with Crippen LogP contribution in [0.5, 0.6) is 0 Å². The zero-order chi connectivity index (χ0) is 14.5. The minimum Gasteiger partial charge on any atom is -0.384 e. The molecule has 1 aromatic heterocycles. The van der Waals surface area contributed by atoms with Crippen LogP contribution in [0.25, 0.3) is 11.4 Å². The topological polar surface area (TPSA) is 53.1 Å². The zero-order valence-corrected chi connectivity index (χ0v) is 12.0. The summed E-state index contributed by atoms with van der Waals surface area (Å²) in [5.41, 5.74) is 8.19. The van der Waals surface area contributed by atoms with Crippen LogP contribution in [0.2, 0.25) is 0 Å². The summed E-state index contributed by atoms with van der Waals surface area (Å²) in [5.74, 6) is 1.72. The average Bonchev–Trinajstić information content (AvgIpc) is 2.78. The molecule has 0 bridgehead atoms. The molecule has 0 fully saturated rings. The summed E-state index contributed by atoms with van der Waals surface area (Å²) in [4.78, 5) is 4.73. The highest BCUT2D eigenvalue weighted by molar-refractivity contribution is 5.61. The Morgan fingerprint density at radius 2 is 2.10 bits per heavy atom. The van der Waals surface area contributed by atoms with Crippen LogP contribution < -0.4 is 5.73 Å². The summed E-state index contributed by atoms with van der Waals surface area (Å²) in [6, 6.07) is 10.0. The summed E-state index contributed by atoms with van der Waals surface area (Å²) >= 11 is 0. The van der Waals surface area contributed by atoms with Crippen LogP contribution in [0.1, 0.15) is 18.5 Å². The van der Waals surface area contributed by atoms with Gasteiger partial charge in [0.15, 0.2) is 0 Å². The molecular formula is C16H21N3O. The van der Waals surface area contributed by atoms with Gasteiger partial charge in [0.1, 0.15) is 11.6 Å². The lowest BCUT2D eigenvalue weighted by atomic mass is 10.1. The fourth-order valence-corrected chi connectivity index (χ4v) is 2.30. The molecule has 0 aliphatic carbocycles. The largest absolute Gasteiger partial charge is 0.384 e. The SMILES string of the molecule is C=CCn1c(-c2ccccc2)nc(C(C)COC)c1N. The Balaban J connectivity index is 2.50. The summed E-state index contributed by atoms with van der Waals surface area (Å²) in [5, 5.41) is 0. The van der Waals surface area contributed by atoms with E-state index in [1.54, 1.807) is 7.11 Å². The van der Waals surface area contributed by atoms with E-state index in [0.29, 0.717) is 19.0 Å². The van der Waals surface area contributed by atoms with Crippen molar-refractivity contribution >= 4 is 5.82 Å². The van der Waals surface area contributed by atoms with Gasteiger partial charge in [-0.25, -0.2) is 4.98 Å². The predicted molar refractivity (Wildman–Crippen MR) is 82.6 cm³/mol. The van der Waals surface area contributed by atoms with Crippen LogP contribution in [0.4, 0.5) is 5.82 Å². The van der Waals surface area contributed by atoms with Gasteiger partial charge < -0.3 is 15.0 Å². The van der Waals surface area contributed by atoms with Crippen LogP contribution in [0.3, 0.4) is 0 Å². The van der Waals surface area contributed by atoms with Crippen molar-refractivity contribution in [3.05, 3.63) is 48.7 Å². The van der Waals surface area contributed by atoms with E-state index in [2.05, 4.69) is 13.5 Å². The number of allylic oxidation sites excluding steroid dienone is 1. The standard InChI is InChI=1S/C16H21N3O/c1-4-10-19-15(17)14(12(2)11-20-3)18-16(19)13-8-6-5-7-9-13/h4-9,12H,1,10-11,17H2,2-3H3. The number of benzene rings is 1. The molecular weight excluding hydrogens is 250 g/mol. The lowest BCUT2D eigenvalue weighted by molar-refractivity contribution is 0.183. The van der Waals surface area contributed by atoms with Crippen molar-refractivity contribution in [1.82, 2.24) is 9.55 Å². The lowest BCUT2D eigenvalue weighted by Gasteiger charge is -2.09. The normalized spacial score (nSPS) is 12.3. The highest BCUT2D eigenvalue weighted by Crippen LogP contribution is 2.28. The van der Waals surface area contributed by atoms with E-state index >= 15 is 0 Å². The fourth-order valence-electron chi connectivity index (χ4n) is 2.30. The number of nitrogens with zero attached hydrogens (tertiary/aromatic N) is 2. The second-order valence-corrected chi connectivity index (χ2v) is 4.83. The number of hydrogen-bond donors (Lipinski definition) is 1. The van der Waals surface area contributed by atoms with Crippen LogP contribution in [-0.4, -0.2) is 23.3 Å². The van der Waals surface area contributed by atoms with Gasteiger partial charge in [-0.05, 0) is 0 Å². The molecule has 0 aliphatic heterocycles. The number of imidazole rings is 1. The van der Waals surface area contributed by atoms with E-state index in [1.807, 2.05) is 41.0 Å². The second-order valence-electron chi connectivity index (χ2n) is 4.83. The van der Waals surface area contributed by atoms with Gasteiger partial charge in [0, 0.05) is 25.1 Å². The van der Waals surface area contributed by atoms with Crippen molar-refractivity contribution in [2.24, 2.45) is 0 Å².